The number of nitrogen functional groups attached to an aromatic ring is 1. The second kappa shape index (κ2) is 7.41. The molecule has 3 N–H and O–H groups in total. The van der Waals surface area contributed by atoms with E-state index < -0.39 is 0 Å². The number of ether oxygens (including phenoxy) is 1. The first-order valence-corrected chi connectivity index (χ1v) is 7.95. The van der Waals surface area contributed by atoms with Crippen LogP contribution in [0, 0.1) is 0 Å². The van der Waals surface area contributed by atoms with Crippen molar-refractivity contribution < 1.29 is 4.74 Å². The standard InChI is InChI=1S/C16H23N7O/c1-22-6-8-23(9-7-22)11-14-19-15(17)21-16(20-14)18-12-4-3-5-13(10-12)24-2/h3-5,10H,6-9,11H2,1-2H3,(H3,17,18,19,20,21). The first-order chi connectivity index (χ1) is 11.6. The molecule has 1 aliphatic heterocycles. The molecule has 0 atom stereocenters. The highest BCUT2D eigenvalue weighted by Gasteiger charge is 2.16. The molecule has 1 aliphatic rings. The van der Waals surface area contributed by atoms with Crippen LogP contribution in [0.3, 0.4) is 0 Å². The van der Waals surface area contributed by atoms with E-state index in [0.29, 0.717) is 18.3 Å². The Kier molecular flexibility index (Phi) is 5.07. The summed E-state index contributed by atoms with van der Waals surface area (Å²) in [6.45, 7) is 4.78. The van der Waals surface area contributed by atoms with Crippen LogP contribution in [-0.4, -0.2) is 65.1 Å². The fraction of sp³-hybridized carbons (Fsp3) is 0.438. The molecule has 8 heteroatoms. The summed E-state index contributed by atoms with van der Waals surface area (Å²) in [6.07, 6.45) is 0. The topological polar surface area (TPSA) is 92.4 Å². The fourth-order valence-corrected chi connectivity index (χ4v) is 2.60. The van der Waals surface area contributed by atoms with E-state index >= 15 is 0 Å². The molecule has 0 unspecified atom stereocenters. The highest BCUT2D eigenvalue weighted by molar-refractivity contribution is 5.56. The summed E-state index contributed by atoms with van der Waals surface area (Å²) in [5, 5.41) is 3.16. The van der Waals surface area contributed by atoms with Crippen molar-refractivity contribution in [3.05, 3.63) is 30.1 Å². The summed E-state index contributed by atoms with van der Waals surface area (Å²) in [6, 6.07) is 7.57. The van der Waals surface area contributed by atoms with Crippen molar-refractivity contribution in [2.45, 2.75) is 6.54 Å². The van der Waals surface area contributed by atoms with Gasteiger partial charge in [0.05, 0.1) is 13.7 Å². The number of likely N-dealkylation sites (N-methyl/N-ethyl adjacent to an activating group) is 1. The zero-order chi connectivity index (χ0) is 16.9. The number of piperazine rings is 1. The van der Waals surface area contributed by atoms with Crippen LogP contribution < -0.4 is 15.8 Å². The van der Waals surface area contributed by atoms with Gasteiger partial charge in [-0.15, -0.1) is 0 Å². The Hall–Kier alpha value is -2.45. The van der Waals surface area contributed by atoms with Crippen LogP contribution in [-0.2, 0) is 6.54 Å². The predicted molar refractivity (Wildman–Crippen MR) is 93.3 cm³/mol. The number of nitrogens with one attached hydrogen (secondary N) is 1. The lowest BCUT2D eigenvalue weighted by Crippen LogP contribution is -2.44. The molecule has 0 radical (unpaired) electrons. The van der Waals surface area contributed by atoms with E-state index in [4.69, 9.17) is 10.5 Å². The smallest absolute Gasteiger partial charge is 0.232 e. The zero-order valence-corrected chi connectivity index (χ0v) is 14.1. The third-order valence-corrected chi connectivity index (χ3v) is 3.99. The number of rotatable bonds is 5. The van der Waals surface area contributed by atoms with E-state index in [9.17, 15) is 0 Å². The van der Waals surface area contributed by atoms with Gasteiger partial charge in [0, 0.05) is 37.9 Å². The quantitative estimate of drug-likeness (QED) is 0.838. The van der Waals surface area contributed by atoms with Crippen molar-refractivity contribution in [2.24, 2.45) is 0 Å². The maximum absolute atomic E-state index is 5.84. The molecule has 2 aromatic rings. The summed E-state index contributed by atoms with van der Waals surface area (Å²) in [5.74, 6) is 2.11. The average molecular weight is 329 g/mol. The number of nitrogens with two attached hydrogens (primary N) is 1. The molecule has 2 heterocycles. The third kappa shape index (κ3) is 4.30. The van der Waals surface area contributed by atoms with Crippen LogP contribution in [0.1, 0.15) is 5.82 Å². The number of hydrogen-bond acceptors (Lipinski definition) is 8. The van der Waals surface area contributed by atoms with Gasteiger partial charge in [-0.3, -0.25) is 4.90 Å². The first kappa shape index (κ1) is 16.4. The molecule has 0 bridgehead atoms. The molecular formula is C16H23N7O. The minimum Gasteiger partial charge on any atom is -0.497 e. The summed E-state index contributed by atoms with van der Waals surface area (Å²) in [7, 11) is 3.77. The van der Waals surface area contributed by atoms with Gasteiger partial charge in [-0.05, 0) is 19.2 Å². The van der Waals surface area contributed by atoms with E-state index in [2.05, 4.69) is 37.1 Å². The van der Waals surface area contributed by atoms with Crippen molar-refractivity contribution in [1.29, 1.82) is 0 Å². The Labute approximate surface area is 141 Å². The maximum Gasteiger partial charge on any atom is 0.232 e. The van der Waals surface area contributed by atoms with Crippen LogP contribution in [0.2, 0.25) is 0 Å². The fourth-order valence-electron chi connectivity index (χ4n) is 2.60. The van der Waals surface area contributed by atoms with Gasteiger partial charge in [0.15, 0.2) is 0 Å². The largest absolute Gasteiger partial charge is 0.497 e. The number of anilines is 3. The lowest BCUT2D eigenvalue weighted by molar-refractivity contribution is 0.145. The van der Waals surface area contributed by atoms with Gasteiger partial charge < -0.3 is 20.7 Å². The maximum atomic E-state index is 5.84. The lowest BCUT2D eigenvalue weighted by Gasteiger charge is -2.31. The van der Waals surface area contributed by atoms with Gasteiger partial charge in [0.25, 0.3) is 0 Å². The van der Waals surface area contributed by atoms with Gasteiger partial charge in [-0.2, -0.15) is 15.0 Å². The van der Waals surface area contributed by atoms with Gasteiger partial charge in [0.1, 0.15) is 11.6 Å². The van der Waals surface area contributed by atoms with Crippen molar-refractivity contribution in [1.82, 2.24) is 24.8 Å². The predicted octanol–water partition coefficient (Wildman–Crippen LogP) is 0.953. The van der Waals surface area contributed by atoms with Gasteiger partial charge >= 0.3 is 0 Å². The molecule has 0 aliphatic carbocycles. The second-order valence-corrected chi connectivity index (χ2v) is 5.87. The Bertz CT molecular complexity index is 686. The summed E-state index contributed by atoms with van der Waals surface area (Å²) in [5.41, 5.74) is 6.68. The van der Waals surface area contributed by atoms with Gasteiger partial charge in [-0.1, -0.05) is 6.07 Å². The molecule has 24 heavy (non-hydrogen) atoms. The third-order valence-electron chi connectivity index (χ3n) is 3.99. The van der Waals surface area contributed by atoms with Crippen molar-refractivity contribution in [3.8, 4) is 5.75 Å². The molecule has 0 amide bonds. The lowest BCUT2D eigenvalue weighted by atomic mass is 10.3. The summed E-state index contributed by atoms with van der Waals surface area (Å²) < 4.78 is 5.22. The molecule has 1 aromatic heterocycles. The molecule has 8 nitrogen and oxygen atoms in total. The molecule has 3 rings (SSSR count). The minimum absolute atomic E-state index is 0.222. The van der Waals surface area contributed by atoms with Crippen LogP contribution in [0.5, 0.6) is 5.75 Å². The number of methoxy groups -OCH3 is 1. The van der Waals surface area contributed by atoms with Crippen LogP contribution in [0.15, 0.2) is 24.3 Å². The Morgan fingerprint density at radius 3 is 2.71 bits per heavy atom. The monoisotopic (exact) mass is 329 g/mol. The van der Waals surface area contributed by atoms with Crippen LogP contribution in [0.25, 0.3) is 0 Å². The molecule has 128 valence electrons. The second-order valence-electron chi connectivity index (χ2n) is 5.87. The molecule has 1 aromatic carbocycles. The van der Waals surface area contributed by atoms with Crippen LogP contribution >= 0.6 is 0 Å². The number of nitrogens with zero attached hydrogens (tertiary/aromatic N) is 5. The molecule has 1 saturated heterocycles. The van der Waals surface area contributed by atoms with Crippen LogP contribution in [0.4, 0.5) is 17.6 Å². The van der Waals surface area contributed by atoms with E-state index in [-0.39, 0.29) is 5.95 Å². The van der Waals surface area contributed by atoms with Crippen molar-refractivity contribution >= 4 is 17.6 Å². The number of hydrogen-bond donors (Lipinski definition) is 2. The van der Waals surface area contributed by atoms with E-state index in [1.165, 1.54) is 0 Å². The number of benzene rings is 1. The highest BCUT2D eigenvalue weighted by atomic mass is 16.5. The van der Waals surface area contributed by atoms with Gasteiger partial charge in [0.2, 0.25) is 11.9 Å². The van der Waals surface area contributed by atoms with Crippen molar-refractivity contribution in [3.63, 3.8) is 0 Å². The molecule has 0 spiro atoms. The Balaban J connectivity index is 1.71. The minimum atomic E-state index is 0.222. The first-order valence-electron chi connectivity index (χ1n) is 7.95. The molecule has 1 fully saturated rings. The highest BCUT2D eigenvalue weighted by Crippen LogP contribution is 2.19. The Morgan fingerprint density at radius 1 is 1.17 bits per heavy atom. The SMILES string of the molecule is COc1cccc(Nc2nc(N)nc(CN3CCN(C)CC3)n2)c1. The van der Waals surface area contributed by atoms with E-state index in [0.717, 1.165) is 37.6 Å². The normalized spacial score (nSPS) is 16.1. The van der Waals surface area contributed by atoms with E-state index in [1.54, 1.807) is 7.11 Å². The van der Waals surface area contributed by atoms with Crippen molar-refractivity contribution in [2.75, 3.05) is 51.4 Å². The summed E-state index contributed by atoms with van der Waals surface area (Å²) >= 11 is 0. The summed E-state index contributed by atoms with van der Waals surface area (Å²) in [4.78, 5) is 17.5. The average Bonchev–Trinajstić information content (AvgIpc) is 2.56. The van der Waals surface area contributed by atoms with E-state index in [1.807, 2.05) is 24.3 Å². The zero-order valence-electron chi connectivity index (χ0n) is 14.1. The number of aromatic nitrogens is 3. The molecule has 0 saturated carbocycles. The molecular weight excluding hydrogens is 306 g/mol. The Morgan fingerprint density at radius 2 is 1.96 bits per heavy atom. The van der Waals surface area contributed by atoms with Gasteiger partial charge in [-0.25, -0.2) is 0 Å².